The van der Waals surface area contributed by atoms with E-state index in [2.05, 4.69) is 26.2 Å². The monoisotopic (exact) mass is 372 g/mol. The van der Waals surface area contributed by atoms with E-state index in [1.807, 2.05) is 26.0 Å². The lowest BCUT2D eigenvalue weighted by Crippen LogP contribution is -2.14. The summed E-state index contributed by atoms with van der Waals surface area (Å²) in [6.45, 7) is 3.86. The highest BCUT2D eigenvalue weighted by Gasteiger charge is 2.12. The van der Waals surface area contributed by atoms with Crippen molar-refractivity contribution >= 4 is 50.7 Å². The minimum atomic E-state index is -0.273. The normalized spacial score (nSPS) is 10.4. The zero-order valence-electron chi connectivity index (χ0n) is 10.8. The quantitative estimate of drug-likeness (QED) is 0.751. The van der Waals surface area contributed by atoms with Gasteiger partial charge in [-0.05, 0) is 49.2 Å². The van der Waals surface area contributed by atoms with E-state index in [1.165, 1.54) is 12.1 Å². The fourth-order valence-electron chi connectivity index (χ4n) is 1.89. The molecule has 0 aliphatic rings. The number of nitrogens with one attached hydrogen (secondary N) is 1. The van der Waals surface area contributed by atoms with Crippen LogP contribution in [0.2, 0.25) is 10.3 Å². The molecule has 1 aromatic heterocycles. The number of benzene rings is 1. The largest absolute Gasteiger partial charge is 0.321 e. The molecule has 0 atom stereocenters. The van der Waals surface area contributed by atoms with E-state index in [-0.39, 0.29) is 16.2 Å². The Labute approximate surface area is 135 Å². The Bertz CT molecular complexity index is 646. The first-order valence-corrected chi connectivity index (χ1v) is 7.33. The third-order valence-corrected chi connectivity index (χ3v) is 3.61. The maximum absolute atomic E-state index is 12.2. The third kappa shape index (κ3) is 3.51. The summed E-state index contributed by atoms with van der Waals surface area (Å²) < 4.78 is 0.973. The minimum Gasteiger partial charge on any atom is -0.321 e. The first-order chi connectivity index (χ1) is 9.36. The van der Waals surface area contributed by atoms with E-state index in [0.717, 1.165) is 21.3 Å². The highest BCUT2D eigenvalue weighted by molar-refractivity contribution is 9.10. The molecule has 0 radical (unpaired) electrons. The predicted octanol–water partition coefficient (Wildman–Crippen LogP) is 5.02. The molecule has 0 bridgehead atoms. The molecule has 0 aliphatic heterocycles. The van der Waals surface area contributed by atoms with Gasteiger partial charge in [-0.25, -0.2) is 4.98 Å². The Morgan fingerprint density at radius 3 is 2.10 bits per heavy atom. The predicted molar refractivity (Wildman–Crippen MR) is 85.8 cm³/mol. The van der Waals surface area contributed by atoms with E-state index in [4.69, 9.17) is 23.2 Å². The Balaban J connectivity index is 2.32. The van der Waals surface area contributed by atoms with Crippen LogP contribution in [0.3, 0.4) is 0 Å². The van der Waals surface area contributed by atoms with E-state index in [1.54, 1.807) is 0 Å². The summed E-state index contributed by atoms with van der Waals surface area (Å²) in [4.78, 5) is 16.1. The molecule has 0 saturated heterocycles. The number of aryl methyl sites for hydroxylation is 2. The standard InChI is InChI=1S/C14H11BrCl2N2O/c1-7-3-10(15)4-8(2)13(7)19-14(20)9-5-11(16)18-12(17)6-9/h3-6H,1-2H3,(H,19,20). The zero-order chi connectivity index (χ0) is 14.9. The van der Waals surface area contributed by atoms with Gasteiger partial charge in [0.2, 0.25) is 0 Å². The van der Waals surface area contributed by atoms with Crippen LogP contribution in [0.5, 0.6) is 0 Å². The molecule has 6 heteroatoms. The van der Waals surface area contributed by atoms with Gasteiger partial charge in [0.15, 0.2) is 0 Å². The van der Waals surface area contributed by atoms with Crippen molar-refractivity contribution in [3.05, 3.63) is 55.7 Å². The van der Waals surface area contributed by atoms with Crippen LogP contribution in [-0.2, 0) is 0 Å². The highest BCUT2D eigenvalue weighted by atomic mass is 79.9. The van der Waals surface area contributed by atoms with Gasteiger partial charge >= 0.3 is 0 Å². The van der Waals surface area contributed by atoms with E-state index >= 15 is 0 Å². The van der Waals surface area contributed by atoms with Crippen LogP contribution < -0.4 is 5.32 Å². The SMILES string of the molecule is Cc1cc(Br)cc(C)c1NC(=O)c1cc(Cl)nc(Cl)c1. The molecular weight excluding hydrogens is 363 g/mol. The number of carbonyl (C=O) groups excluding carboxylic acids is 1. The summed E-state index contributed by atoms with van der Waals surface area (Å²) in [5.41, 5.74) is 3.09. The maximum Gasteiger partial charge on any atom is 0.255 e. The molecule has 0 fully saturated rings. The smallest absolute Gasteiger partial charge is 0.255 e. The van der Waals surface area contributed by atoms with Gasteiger partial charge in [0.1, 0.15) is 10.3 Å². The molecule has 3 nitrogen and oxygen atoms in total. The second-order valence-corrected chi connectivity index (χ2v) is 6.06. The van der Waals surface area contributed by atoms with Crippen LogP contribution in [0.4, 0.5) is 5.69 Å². The summed E-state index contributed by atoms with van der Waals surface area (Å²) in [5.74, 6) is -0.273. The summed E-state index contributed by atoms with van der Waals surface area (Å²) in [6.07, 6.45) is 0. The first kappa shape index (κ1) is 15.3. The molecule has 0 aliphatic carbocycles. The minimum absolute atomic E-state index is 0.187. The van der Waals surface area contributed by atoms with Crippen LogP contribution >= 0.6 is 39.1 Å². The van der Waals surface area contributed by atoms with Crippen molar-refractivity contribution in [3.8, 4) is 0 Å². The van der Waals surface area contributed by atoms with Gasteiger partial charge < -0.3 is 5.32 Å². The van der Waals surface area contributed by atoms with Gasteiger partial charge in [0.05, 0.1) is 0 Å². The molecule has 0 saturated carbocycles. The topological polar surface area (TPSA) is 42.0 Å². The molecule has 1 amide bonds. The number of carbonyl (C=O) groups is 1. The molecule has 2 aromatic rings. The number of rotatable bonds is 2. The lowest BCUT2D eigenvalue weighted by atomic mass is 10.1. The maximum atomic E-state index is 12.2. The van der Waals surface area contributed by atoms with Crippen molar-refractivity contribution in [2.75, 3.05) is 5.32 Å². The van der Waals surface area contributed by atoms with Crippen molar-refractivity contribution < 1.29 is 4.79 Å². The number of hydrogen-bond acceptors (Lipinski definition) is 2. The Kier molecular flexibility index (Phi) is 4.68. The number of nitrogens with zero attached hydrogens (tertiary/aromatic N) is 1. The molecule has 1 heterocycles. The molecule has 1 N–H and O–H groups in total. The molecular formula is C14H11BrCl2N2O. The second kappa shape index (κ2) is 6.12. The molecule has 0 unspecified atom stereocenters. The molecule has 2 rings (SSSR count). The van der Waals surface area contributed by atoms with Crippen molar-refractivity contribution in [1.82, 2.24) is 4.98 Å². The number of hydrogen-bond donors (Lipinski definition) is 1. The van der Waals surface area contributed by atoms with Crippen LogP contribution in [0.1, 0.15) is 21.5 Å². The summed E-state index contributed by atoms with van der Waals surface area (Å²) in [7, 11) is 0. The molecule has 1 aromatic carbocycles. The lowest BCUT2D eigenvalue weighted by Gasteiger charge is -2.12. The Hall–Kier alpha value is -1.10. The van der Waals surface area contributed by atoms with Crippen molar-refractivity contribution in [1.29, 1.82) is 0 Å². The van der Waals surface area contributed by atoms with Crippen LogP contribution in [0, 0.1) is 13.8 Å². The average molecular weight is 374 g/mol. The number of halogens is 3. The van der Waals surface area contributed by atoms with Crippen molar-refractivity contribution in [3.63, 3.8) is 0 Å². The fourth-order valence-corrected chi connectivity index (χ4v) is 3.04. The molecule has 20 heavy (non-hydrogen) atoms. The fraction of sp³-hybridized carbons (Fsp3) is 0.143. The number of anilines is 1. The van der Waals surface area contributed by atoms with Gasteiger partial charge in [0, 0.05) is 15.7 Å². The molecule has 0 spiro atoms. The zero-order valence-corrected chi connectivity index (χ0v) is 13.9. The Morgan fingerprint density at radius 1 is 1.10 bits per heavy atom. The number of aromatic nitrogens is 1. The van der Waals surface area contributed by atoms with Gasteiger partial charge in [0.25, 0.3) is 5.91 Å². The van der Waals surface area contributed by atoms with Gasteiger partial charge in [-0.1, -0.05) is 39.1 Å². The number of pyridine rings is 1. The summed E-state index contributed by atoms with van der Waals surface area (Å²) >= 11 is 15.0. The molecule has 104 valence electrons. The van der Waals surface area contributed by atoms with Crippen molar-refractivity contribution in [2.24, 2.45) is 0 Å². The second-order valence-electron chi connectivity index (χ2n) is 4.37. The first-order valence-electron chi connectivity index (χ1n) is 5.78. The van der Waals surface area contributed by atoms with Gasteiger partial charge in [-0.3, -0.25) is 4.79 Å². The summed E-state index contributed by atoms with van der Waals surface area (Å²) in [6, 6.07) is 6.84. The summed E-state index contributed by atoms with van der Waals surface area (Å²) in [5, 5.41) is 3.25. The van der Waals surface area contributed by atoms with Gasteiger partial charge in [-0.15, -0.1) is 0 Å². The Morgan fingerprint density at radius 2 is 1.60 bits per heavy atom. The number of amides is 1. The van der Waals surface area contributed by atoms with Crippen LogP contribution in [-0.4, -0.2) is 10.9 Å². The van der Waals surface area contributed by atoms with Crippen LogP contribution in [0.15, 0.2) is 28.7 Å². The lowest BCUT2D eigenvalue weighted by molar-refractivity contribution is 0.102. The van der Waals surface area contributed by atoms with E-state index in [9.17, 15) is 4.79 Å². The van der Waals surface area contributed by atoms with E-state index in [0.29, 0.717) is 5.56 Å². The third-order valence-electron chi connectivity index (χ3n) is 2.76. The van der Waals surface area contributed by atoms with Gasteiger partial charge in [-0.2, -0.15) is 0 Å². The highest BCUT2D eigenvalue weighted by Crippen LogP contribution is 2.26. The van der Waals surface area contributed by atoms with Crippen LogP contribution in [0.25, 0.3) is 0 Å². The van der Waals surface area contributed by atoms with E-state index < -0.39 is 0 Å². The average Bonchev–Trinajstić information content (AvgIpc) is 2.32. The van der Waals surface area contributed by atoms with Crippen molar-refractivity contribution in [2.45, 2.75) is 13.8 Å².